The molecule has 0 saturated carbocycles. The third-order valence-corrected chi connectivity index (χ3v) is 4.21. The Kier molecular flexibility index (Phi) is 3.96. The van der Waals surface area contributed by atoms with Crippen molar-refractivity contribution < 1.29 is 9.47 Å². The number of rotatable bonds is 3. The second-order valence-corrected chi connectivity index (χ2v) is 5.93. The topological polar surface area (TPSA) is 47.7 Å². The molecule has 1 aromatic carbocycles. The van der Waals surface area contributed by atoms with E-state index in [0.29, 0.717) is 6.54 Å². The van der Waals surface area contributed by atoms with Gasteiger partial charge in [0.05, 0.1) is 18.8 Å². The normalized spacial score (nSPS) is 27.9. The van der Waals surface area contributed by atoms with Crippen molar-refractivity contribution in [1.82, 2.24) is 4.90 Å². The van der Waals surface area contributed by atoms with Crippen LogP contribution >= 0.6 is 0 Å². The fraction of sp³-hybridized carbons (Fsp3) is 0.625. The maximum absolute atomic E-state index is 6.06. The highest BCUT2D eigenvalue weighted by atomic mass is 16.5. The van der Waals surface area contributed by atoms with E-state index in [4.69, 9.17) is 15.2 Å². The molecule has 1 fully saturated rings. The molecule has 1 saturated heterocycles. The summed E-state index contributed by atoms with van der Waals surface area (Å²) in [6.07, 6.45) is 1.55. The predicted molar refractivity (Wildman–Crippen MR) is 79.0 cm³/mol. The van der Waals surface area contributed by atoms with Crippen LogP contribution in [-0.2, 0) is 11.2 Å². The minimum absolute atomic E-state index is 0.269. The van der Waals surface area contributed by atoms with Crippen molar-refractivity contribution in [2.75, 3.05) is 26.2 Å². The SMILES string of the molecule is CC1CN(C(CN)c2ccc3c(c2)CCO3)CC(C)O1. The highest BCUT2D eigenvalue weighted by molar-refractivity contribution is 5.41. The van der Waals surface area contributed by atoms with Crippen LogP contribution in [0.2, 0.25) is 0 Å². The molecule has 0 bridgehead atoms. The van der Waals surface area contributed by atoms with Crippen molar-refractivity contribution in [3.63, 3.8) is 0 Å². The third kappa shape index (κ3) is 2.68. The summed E-state index contributed by atoms with van der Waals surface area (Å²) in [6, 6.07) is 6.79. The first-order chi connectivity index (χ1) is 9.67. The van der Waals surface area contributed by atoms with E-state index < -0.39 is 0 Å². The van der Waals surface area contributed by atoms with E-state index in [0.717, 1.165) is 31.9 Å². The van der Waals surface area contributed by atoms with Crippen molar-refractivity contribution in [3.05, 3.63) is 29.3 Å². The Hall–Kier alpha value is -1.10. The van der Waals surface area contributed by atoms with E-state index in [-0.39, 0.29) is 18.2 Å². The molecule has 2 N–H and O–H groups in total. The lowest BCUT2D eigenvalue weighted by molar-refractivity contribution is -0.0799. The summed E-state index contributed by atoms with van der Waals surface area (Å²) >= 11 is 0. The Bertz CT molecular complexity index is 468. The fourth-order valence-corrected chi connectivity index (χ4v) is 3.38. The van der Waals surface area contributed by atoms with Gasteiger partial charge in [0.25, 0.3) is 0 Å². The first-order valence-corrected chi connectivity index (χ1v) is 7.52. The van der Waals surface area contributed by atoms with Gasteiger partial charge in [0.15, 0.2) is 0 Å². The monoisotopic (exact) mass is 276 g/mol. The van der Waals surface area contributed by atoms with Crippen LogP contribution in [0.15, 0.2) is 18.2 Å². The Morgan fingerprint density at radius 2 is 2.05 bits per heavy atom. The van der Waals surface area contributed by atoms with Crippen LogP contribution in [0, 0.1) is 0 Å². The molecule has 1 aromatic rings. The van der Waals surface area contributed by atoms with Crippen LogP contribution < -0.4 is 10.5 Å². The molecule has 20 heavy (non-hydrogen) atoms. The molecule has 2 aliphatic heterocycles. The summed E-state index contributed by atoms with van der Waals surface area (Å²) in [4.78, 5) is 2.45. The largest absolute Gasteiger partial charge is 0.493 e. The molecule has 3 unspecified atom stereocenters. The van der Waals surface area contributed by atoms with E-state index in [2.05, 4.69) is 36.9 Å². The molecule has 110 valence electrons. The summed E-state index contributed by atoms with van der Waals surface area (Å²) in [5.74, 6) is 1.04. The zero-order chi connectivity index (χ0) is 14.1. The predicted octanol–water partition coefficient (Wildman–Crippen LogP) is 1.73. The summed E-state index contributed by atoms with van der Waals surface area (Å²) in [7, 11) is 0. The van der Waals surface area contributed by atoms with Gasteiger partial charge in [-0.3, -0.25) is 4.90 Å². The summed E-state index contributed by atoms with van der Waals surface area (Å²) in [6.45, 7) is 7.59. The maximum Gasteiger partial charge on any atom is 0.122 e. The number of nitrogens with two attached hydrogens (primary N) is 1. The van der Waals surface area contributed by atoms with Gasteiger partial charge in [-0.25, -0.2) is 0 Å². The minimum atomic E-state index is 0.269. The second kappa shape index (κ2) is 5.72. The Morgan fingerprint density at radius 1 is 1.30 bits per heavy atom. The molecule has 0 aliphatic carbocycles. The van der Waals surface area contributed by atoms with Gasteiger partial charge >= 0.3 is 0 Å². The number of fused-ring (bicyclic) bond motifs is 1. The van der Waals surface area contributed by atoms with Gasteiger partial charge in [0.2, 0.25) is 0 Å². The standard InChI is InChI=1S/C16H24N2O2/c1-11-9-18(10-12(2)20-11)15(8-17)13-3-4-16-14(7-13)5-6-19-16/h3-4,7,11-12,15H,5-6,8-10,17H2,1-2H3. The smallest absolute Gasteiger partial charge is 0.122 e. The maximum atomic E-state index is 6.06. The molecule has 0 spiro atoms. The highest BCUT2D eigenvalue weighted by Crippen LogP contribution is 2.31. The third-order valence-electron chi connectivity index (χ3n) is 4.21. The van der Waals surface area contributed by atoms with Crippen LogP contribution in [0.3, 0.4) is 0 Å². The number of ether oxygens (including phenoxy) is 2. The molecular weight excluding hydrogens is 252 g/mol. The van der Waals surface area contributed by atoms with Crippen LogP contribution in [0.5, 0.6) is 5.75 Å². The minimum Gasteiger partial charge on any atom is -0.493 e. The van der Waals surface area contributed by atoms with Crippen LogP contribution in [0.1, 0.15) is 31.0 Å². The molecular formula is C16H24N2O2. The number of nitrogens with zero attached hydrogens (tertiary/aromatic N) is 1. The molecule has 4 heteroatoms. The van der Waals surface area contributed by atoms with Crippen LogP contribution in [0.25, 0.3) is 0 Å². The Morgan fingerprint density at radius 3 is 2.75 bits per heavy atom. The lowest BCUT2D eigenvalue weighted by atomic mass is 10.00. The van der Waals surface area contributed by atoms with E-state index >= 15 is 0 Å². The molecule has 3 atom stereocenters. The number of hydrogen-bond donors (Lipinski definition) is 1. The number of hydrogen-bond acceptors (Lipinski definition) is 4. The summed E-state index contributed by atoms with van der Waals surface area (Å²) < 4.78 is 11.4. The van der Waals surface area contributed by atoms with Crippen molar-refractivity contribution in [1.29, 1.82) is 0 Å². The van der Waals surface area contributed by atoms with Crippen LogP contribution in [-0.4, -0.2) is 43.3 Å². The lowest BCUT2D eigenvalue weighted by Gasteiger charge is -2.40. The molecule has 0 radical (unpaired) electrons. The lowest BCUT2D eigenvalue weighted by Crippen LogP contribution is -2.48. The number of morpholine rings is 1. The van der Waals surface area contributed by atoms with Gasteiger partial charge in [0.1, 0.15) is 5.75 Å². The van der Waals surface area contributed by atoms with Gasteiger partial charge < -0.3 is 15.2 Å². The molecule has 3 rings (SSSR count). The highest BCUT2D eigenvalue weighted by Gasteiger charge is 2.28. The van der Waals surface area contributed by atoms with E-state index in [9.17, 15) is 0 Å². The zero-order valence-corrected chi connectivity index (χ0v) is 12.3. The van der Waals surface area contributed by atoms with Gasteiger partial charge in [-0.1, -0.05) is 12.1 Å². The second-order valence-electron chi connectivity index (χ2n) is 5.93. The summed E-state index contributed by atoms with van der Waals surface area (Å²) in [5, 5.41) is 0. The van der Waals surface area contributed by atoms with Gasteiger partial charge in [0, 0.05) is 32.1 Å². The quantitative estimate of drug-likeness (QED) is 0.913. The average Bonchev–Trinajstić information content (AvgIpc) is 2.86. The van der Waals surface area contributed by atoms with Crippen molar-refractivity contribution in [2.45, 2.75) is 38.5 Å². The van der Waals surface area contributed by atoms with Crippen molar-refractivity contribution >= 4 is 0 Å². The Balaban J connectivity index is 1.82. The fourth-order valence-electron chi connectivity index (χ4n) is 3.38. The molecule has 0 aromatic heterocycles. The van der Waals surface area contributed by atoms with Gasteiger partial charge in [-0.05, 0) is 31.0 Å². The van der Waals surface area contributed by atoms with Crippen molar-refractivity contribution in [3.8, 4) is 5.75 Å². The number of benzene rings is 1. The van der Waals surface area contributed by atoms with E-state index in [1.165, 1.54) is 11.1 Å². The first-order valence-electron chi connectivity index (χ1n) is 7.52. The molecule has 2 aliphatic rings. The molecule has 0 amide bonds. The summed E-state index contributed by atoms with van der Waals surface area (Å²) in [5.41, 5.74) is 8.68. The zero-order valence-electron chi connectivity index (χ0n) is 12.3. The average molecular weight is 276 g/mol. The van der Waals surface area contributed by atoms with Crippen molar-refractivity contribution in [2.24, 2.45) is 5.73 Å². The van der Waals surface area contributed by atoms with Gasteiger partial charge in [-0.2, -0.15) is 0 Å². The Labute approximate surface area is 120 Å². The van der Waals surface area contributed by atoms with E-state index in [1.54, 1.807) is 0 Å². The molecule has 2 heterocycles. The first kappa shape index (κ1) is 13.9. The van der Waals surface area contributed by atoms with Crippen LogP contribution in [0.4, 0.5) is 0 Å². The van der Waals surface area contributed by atoms with Gasteiger partial charge in [-0.15, -0.1) is 0 Å². The molecule has 4 nitrogen and oxygen atoms in total. The van der Waals surface area contributed by atoms with E-state index in [1.807, 2.05) is 0 Å².